The number of Topliss-reactive ketones (excluding diaryl/α,β-unsaturated/α-hetero) is 1. The molecule has 0 heterocycles. The van der Waals surface area contributed by atoms with Crippen LogP contribution in [0.15, 0.2) is 18.2 Å². The molecule has 1 aromatic carbocycles. The first-order chi connectivity index (χ1) is 11.2. The van der Waals surface area contributed by atoms with Gasteiger partial charge in [0.05, 0.1) is 13.2 Å². The summed E-state index contributed by atoms with van der Waals surface area (Å²) in [6.07, 6.45) is 1.29. The van der Waals surface area contributed by atoms with Crippen LogP contribution < -0.4 is 10.1 Å². The average Bonchev–Trinajstić information content (AvgIpc) is 2.50. The highest BCUT2D eigenvalue weighted by atomic mass is 16.5. The zero-order valence-electron chi connectivity index (χ0n) is 15.3. The molecule has 0 aliphatic carbocycles. The van der Waals surface area contributed by atoms with Crippen LogP contribution in [0.4, 0.5) is 0 Å². The van der Waals surface area contributed by atoms with Crippen LogP contribution >= 0.6 is 0 Å². The third-order valence-corrected chi connectivity index (χ3v) is 3.83. The molecular weight excluding hydrogens is 306 g/mol. The van der Waals surface area contributed by atoms with Gasteiger partial charge in [-0.1, -0.05) is 33.8 Å². The van der Waals surface area contributed by atoms with E-state index in [-0.39, 0.29) is 29.3 Å². The van der Waals surface area contributed by atoms with Gasteiger partial charge in [0.15, 0.2) is 17.3 Å². The topological polar surface area (TPSA) is 75.6 Å². The van der Waals surface area contributed by atoms with Crippen molar-refractivity contribution in [2.75, 3.05) is 7.11 Å². The van der Waals surface area contributed by atoms with Crippen molar-refractivity contribution in [3.63, 3.8) is 0 Å². The minimum absolute atomic E-state index is 0.0224. The summed E-state index contributed by atoms with van der Waals surface area (Å²) in [6, 6.07) is 4.59. The van der Waals surface area contributed by atoms with Crippen molar-refractivity contribution >= 4 is 11.7 Å². The lowest BCUT2D eigenvalue weighted by molar-refractivity contribution is -0.129. The van der Waals surface area contributed by atoms with Crippen LogP contribution in [0.1, 0.15) is 46.1 Å². The molecule has 1 rings (SSSR count). The third-order valence-electron chi connectivity index (χ3n) is 3.83. The Labute approximate surface area is 144 Å². The van der Waals surface area contributed by atoms with Gasteiger partial charge in [-0.2, -0.15) is 0 Å². The zero-order chi connectivity index (χ0) is 18.3. The lowest BCUT2D eigenvalue weighted by atomic mass is 9.95. The van der Waals surface area contributed by atoms with Gasteiger partial charge >= 0.3 is 0 Å². The SMILES string of the molecule is COc1cc(CCC(=O)[C@@H](NC(=O)CC(C)C)C(C)C)ccc1O. The molecule has 0 bridgehead atoms. The number of benzene rings is 1. The predicted molar refractivity (Wildman–Crippen MR) is 94.2 cm³/mol. The number of hydrogen-bond donors (Lipinski definition) is 2. The van der Waals surface area contributed by atoms with E-state index in [2.05, 4.69) is 5.32 Å². The molecule has 0 saturated heterocycles. The van der Waals surface area contributed by atoms with Crippen LogP contribution in [0.5, 0.6) is 11.5 Å². The van der Waals surface area contributed by atoms with E-state index in [4.69, 9.17) is 4.74 Å². The zero-order valence-corrected chi connectivity index (χ0v) is 15.3. The van der Waals surface area contributed by atoms with Crippen molar-refractivity contribution in [2.24, 2.45) is 11.8 Å². The number of phenolic OH excluding ortho intramolecular Hbond substituents is 1. The Hall–Kier alpha value is -2.04. The first-order valence-corrected chi connectivity index (χ1v) is 8.42. The van der Waals surface area contributed by atoms with E-state index in [0.29, 0.717) is 25.0 Å². The lowest BCUT2D eigenvalue weighted by Gasteiger charge is -2.22. The molecule has 5 heteroatoms. The number of amides is 1. The summed E-state index contributed by atoms with van der Waals surface area (Å²) < 4.78 is 5.08. The molecule has 5 nitrogen and oxygen atoms in total. The van der Waals surface area contributed by atoms with Crippen LogP contribution in [0.2, 0.25) is 0 Å². The summed E-state index contributed by atoms with van der Waals surface area (Å²) in [5.74, 6) is 0.719. The second kappa shape index (κ2) is 9.30. The predicted octanol–water partition coefficient (Wildman–Crippen LogP) is 3.09. The standard InChI is InChI=1S/C19H29NO4/c1-12(2)10-18(23)20-19(13(3)4)16(22)9-7-14-6-8-15(21)17(11-14)24-5/h6,8,11-13,19,21H,7,9-10H2,1-5H3,(H,20,23)/t19-/m0/s1. The monoisotopic (exact) mass is 335 g/mol. The number of aryl methyl sites for hydroxylation is 1. The molecule has 0 saturated carbocycles. The molecular formula is C19H29NO4. The van der Waals surface area contributed by atoms with Gasteiger partial charge < -0.3 is 15.2 Å². The Morgan fingerprint density at radius 3 is 2.42 bits per heavy atom. The van der Waals surface area contributed by atoms with E-state index >= 15 is 0 Å². The smallest absolute Gasteiger partial charge is 0.220 e. The molecule has 0 spiro atoms. The Kier molecular flexibility index (Phi) is 7.75. The molecule has 1 atom stereocenters. The van der Waals surface area contributed by atoms with Crippen molar-refractivity contribution in [1.82, 2.24) is 5.32 Å². The summed E-state index contributed by atoms with van der Waals surface area (Å²) >= 11 is 0. The van der Waals surface area contributed by atoms with Gasteiger partial charge in [-0.3, -0.25) is 9.59 Å². The van der Waals surface area contributed by atoms with Gasteiger partial charge in [0.2, 0.25) is 5.91 Å². The molecule has 0 aliphatic heterocycles. The lowest BCUT2D eigenvalue weighted by Crippen LogP contribution is -2.44. The second-order valence-electron chi connectivity index (χ2n) is 6.86. The normalized spacial score (nSPS) is 12.3. The van der Waals surface area contributed by atoms with Gasteiger partial charge in [0.1, 0.15) is 0 Å². The highest BCUT2D eigenvalue weighted by Gasteiger charge is 2.24. The molecule has 0 fully saturated rings. The molecule has 0 unspecified atom stereocenters. The number of carbonyl (C=O) groups excluding carboxylic acids is 2. The fourth-order valence-electron chi connectivity index (χ4n) is 2.52. The maximum Gasteiger partial charge on any atom is 0.220 e. The van der Waals surface area contributed by atoms with E-state index in [0.717, 1.165) is 5.56 Å². The fourth-order valence-corrected chi connectivity index (χ4v) is 2.52. The van der Waals surface area contributed by atoms with Gasteiger partial charge in [-0.15, -0.1) is 0 Å². The van der Waals surface area contributed by atoms with Gasteiger partial charge in [0, 0.05) is 12.8 Å². The van der Waals surface area contributed by atoms with Crippen molar-refractivity contribution < 1.29 is 19.4 Å². The highest BCUT2D eigenvalue weighted by Crippen LogP contribution is 2.26. The van der Waals surface area contributed by atoms with Crippen molar-refractivity contribution in [3.8, 4) is 11.5 Å². The molecule has 1 amide bonds. The number of carbonyl (C=O) groups is 2. The van der Waals surface area contributed by atoms with E-state index in [1.54, 1.807) is 18.2 Å². The molecule has 0 aromatic heterocycles. The molecule has 24 heavy (non-hydrogen) atoms. The maximum atomic E-state index is 12.5. The second-order valence-corrected chi connectivity index (χ2v) is 6.86. The van der Waals surface area contributed by atoms with Crippen LogP contribution in [0.3, 0.4) is 0 Å². The Morgan fingerprint density at radius 1 is 1.21 bits per heavy atom. The summed E-state index contributed by atoms with van der Waals surface area (Å²) in [7, 11) is 1.49. The van der Waals surface area contributed by atoms with Gasteiger partial charge in [0.25, 0.3) is 0 Å². The molecule has 0 aliphatic rings. The number of ether oxygens (including phenoxy) is 1. The number of nitrogens with one attached hydrogen (secondary N) is 1. The van der Waals surface area contributed by atoms with Crippen molar-refractivity contribution in [1.29, 1.82) is 0 Å². The van der Waals surface area contributed by atoms with Crippen LogP contribution in [-0.2, 0) is 16.0 Å². The summed E-state index contributed by atoms with van der Waals surface area (Å²) in [5, 5.41) is 12.5. The largest absolute Gasteiger partial charge is 0.504 e. The van der Waals surface area contributed by atoms with Crippen LogP contribution in [-0.4, -0.2) is 29.9 Å². The first kappa shape index (κ1) is 20.0. The first-order valence-electron chi connectivity index (χ1n) is 8.42. The number of aromatic hydroxyl groups is 1. The number of hydrogen-bond acceptors (Lipinski definition) is 4. The molecule has 0 radical (unpaired) electrons. The van der Waals surface area contributed by atoms with Crippen LogP contribution in [0, 0.1) is 11.8 Å². The van der Waals surface area contributed by atoms with Crippen LogP contribution in [0.25, 0.3) is 0 Å². The highest BCUT2D eigenvalue weighted by molar-refractivity contribution is 5.89. The van der Waals surface area contributed by atoms with E-state index in [1.165, 1.54) is 7.11 Å². The minimum atomic E-state index is -0.463. The molecule has 2 N–H and O–H groups in total. The quantitative estimate of drug-likeness (QED) is 0.727. The summed E-state index contributed by atoms with van der Waals surface area (Å²) in [4.78, 5) is 24.5. The van der Waals surface area contributed by atoms with E-state index in [9.17, 15) is 14.7 Å². The molecule has 134 valence electrons. The Bertz CT molecular complexity index is 566. The summed E-state index contributed by atoms with van der Waals surface area (Å²) in [5.41, 5.74) is 0.911. The van der Waals surface area contributed by atoms with E-state index in [1.807, 2.05) is 27.7 Å². The van der Waals surface area contributed by atoms with Crippen molar-refractivity contribution in [3.05, 3.63) is 23.8 Å². The molecule has 1 aromatic rings. The minimum Gasteiger partial charge on any atom is -0.504 e. The van der Waals surface area contributed by atoms with Gasteiger partial charge in [-0.25, -0.2) is 0 Å². The number of rotatable bonds is 9. The average molecular weight is 335 g/mol. The Morgan fingerprint density at radius 2 is 1.88 bits per heavy atom. The number of methoxy groups -OCH3 is 1. The van der Waals surface area contributed by atoms with Gasteiger partial charge in [-0.05, 0) is 36.0 Å². The number of ketones is 1. The summed E-state index contributed by atoms with van der Waals surface area (Å²) in [6.45, 7) is 7.82. The third kappa shape index (κ3) is 6.22. The Balaban J connectivity index is 2.67. The fraction of sp³-hybridized carbons (Fsp3) is 0.579. The van der Waals surface area contributed by atoms with Crippen molar-refractivity contribution in [2.45, 2.75) is 53.0 Å². The number of phenols is 1. The maximum absolute atomic E-state index is 12.5. The van der Waals surface area contributed by atoms with E-state index < -0.39 is 6.04 Å².